The van der Waals surface area contributed by atoms with Crippen LogP contribution in [0.25, 0.3) is 0 Å². The zero-order valence-electron chi connectivity index (χ0n) is 17.7. The third-order valence-corrected chi connectivity index (χ3v) is 5.34. The standard InChI is InChI=1S/C22H35N3O3/c1-15(2)20-9-8-19(13-16(20)3)28-17(4)22(27)25-12-6-5-7-18(25)14-24-21(26)10-11-23/h8-9,13,15,17-18H,5-7,10-12,14,23H2,1-4H3,(H,24,26). The van der Waals surface area contributed by atoms with E-state index in [1.54, 1.807) is 6.92 Å². The van der Waals surface area contributed by atoms with Gasteiger partial charge in [0.2, 0.25) is 5.91 Å². The van der Waals surface area contributed by atoms with Crippen LogP contribution in [-0.2, 0) is 9.59 Å². The van der Waals surface area contributed by atoms with Crippen molar-refractivity contribution in [3.05, 3.63) is 29.3 Å². The summed E-state index contributed by atoms with van der Waals surface area (Å²) in [7, 11) is 0. The van der Waals surface area contributed by atoms with Gasteiger partial charge in [-0.15, -0.1) is 0 Å². The number of hydrogen-bond donors (Lipinski definition) is 2. The van der Waals surface area contributed by atoms with Crippen LogP contribution in [0.1, 0.15) is 63.5 Å². The minimum atomic E-state index is -0.565. The number of aryl methyl sites for hydroxylation is 1. The Balaban J connectivity index is 1.99. The van der Waals surface area contributed by atoms with Crippen molar-refractivity contribution < 1.29 is 14.3 Å². The molecular weight excluding hydrogens is 354 g/mol. The Morgan fingerprint density at radius 2 is 2.04 bits per heavy atom. The number of nitrogens with two attached hydrogens (primary N) is 1. The lowest BCUT2D eigenvalue weighted by Gasteiger charge is -2.37. The van der Waals surface area contributed by atoms with Gasteiger partial charge in [0.1, 0.15) is 5.75 Å². The molecule has 0 bridgehead atoms. The number of amides is 2. The van der Waals surface area contributed by atoms with Crippen molar-refractivity contribution >= 4 is 11.8 Å². The van der Waals surface area contributed by atoms with Crippen LogP contribution in [0.15, 0.2) is 18.2 Å². The smallest absolute Gasteiger partial charge is 0.263 e. The van der Waals surface area contributed by atoms with Gasteiger partial charge in [0.15, 0.2) is 6.10 Å². The molecular formula is C22H35N3O3. The number of ether oxygens (including phenoxy) is 1. The maximum Gasteiger partial charge on any atom is 0.263 e. The molecule has 2 unspecified atom stereocenters. The van der Waals surface area contributed by atoms with Crippen LogP contribution in [0.4, 0.5) is 0 Å². The van der Waals surface area contributed by atoms with Gasteiger partial charge in [0.05, 0.1) is 0 Å². The van der Waals surface area contributed by atoms with Crippen LogP contribution in [0, 0.1) is 6.92 Å². The van der Waals surface area contributed by atoms with Gasteiger partial charge in [-0.1, -0.05) is 19.9 Å². The Bertz CT molecular complexity index is 675. The van der Waals surface area contributed by atoms with Gasteiger partial charge >= 0.3 is 0 Å². The topological polar surface area (TPSA) is 84.7 Å². The Hall–Kier alpha value is -2.08. The Morgan fingerprint density at radius 3 is 2.68 bits per heavy atom. The lowest BCUT2D eigenvalue weighted by molar-refractivity contribution is -0.142. The molecule has 2 amide bonds. The van der Waals surface area contributed by atoms with Gasteiger partial charge in [-0.25, -0.2) is 0 Å². The fourth-order valence-electron chi connectivity index (χ4n) is 3.81. The molecule has 0 radical (unpaired) electrons. The molecule has 0 saturated carbocycles. The summed E-state index contributed by atoms with van der Waals surface area (Å²) in [4.78, 5) is 26.6. The third-order valence-electron chi connectivity index (χ3n) is 5.34. The number of nitrogens with one attached hydrogen (secondary N) is 1. The summed E-state index contributed by atoms with van der Waals surface area (Å²) in [6.07, 6.45) is 2.68. The van der Waals surface area contributed by atoms with Crippen LogP contribution >= 0.6 is 0 Å². The first kappa shape index (κ1) is 22.2. The summed E-state index contributed by atoms with van der Waals surface area (Å²) in [5.41, 5.74) is 7.88. The SMILES string of the molecule is Cc1cc(OC(C)C(=O)N2CCCCC2CNC(=O)CCN)ccc1C(C)C. The van der Waals surface area contributed by atoms with E-state index in [4.69, 9.17) is 10.5 Å². The summed E-state index contributed by atoms with van der Waals surface area (Å²) in [6.45, 7) is 9.70. The molecule has 0 spiro atoms. The molecule has 2 rings (SSSR count). The first-order valence-electron chi connectivity index (χ1n) is 10.4. The zero-order valence-corrected chi connectivity index (χ0v) is 17.7. The van der Waals surface area contributed by atoms with Crippen LogP contribution in [0.2, 0.25) is 0 Å². The van der Waals surface area contributed by atoms with Crippen LogP contribution < -0.4 is 15.8 Å². The number of carbonyl (C=O) groups is 2. The predicted octanol–water partition coefficient (Wildman–Crippen LogP) is 2.73. The highest BCUT2D eigenvalue weighted by atomic mass is 16.5. The average molecular weight is 390 g/mol. The molecule has 0 aliphatic carbocycles. The summed E-state index contributed by atoms with van der Waals surface area (Å²) >= 11 is 0. The van der Waals surface area contributed by atoms with Crippen LogP contribution in [0.3, 0.4) is 0 Å². The van der Waals surface area contributed by atoms with E-state index in [0.717, 1.165) is 19.3 Å². The summed E-state index contributed by atoms with van der Waals surface area (Å²) in [5.74, 6) is 1.08. The second-order valence-corrected chi connectivity index (χ2v) is 7.96. The van der Waals surface area contributed by atoms with Crippen molar-refractivity contribution in [3.63, 3.8) is 0 Å². The molecule has 1 aromatic rings. The van der Waals surface area contributed by atoms with E-state index in [9.17, 15) is 9.59 Å². The second-order valence-electron chi connectivity index (χ2n) is 7.96. The first-order chi connectivity index (χ1) is 13.3. The molecule has 28 heavy (non-hydrogen) atoms. The van der Waals surface area contributed by atoms with E-state index < -0.39 is 6.10 Å². The van der Waals surface area contributed by atoms with E-state index in [-0.39, 0.29) is 17.9 Å². The molecule has 1 saturated heterocycles. The molecule has 1 heterocycles. The number of carbonyl (C=O) groups excluding carboxylic acids is 2. The maximum atomic E-state index is 13.0. The van der Waals surface area contributed by atoms with E-state index in [1.165, 1.54) is 11.1 Å². The van der Waals surface area contributed by atoms with Crippen LogP contribution in [0.5, 0.6) is 5.75 Å². The van der Waals surface area contributed by atoms with Crippen molar-refractivity contribution in [1.29, 1.82) is 0 Å². The zero-order chi connectivity index (χ0) is 20.7. The molecule has 1 aromatic carbocycles. The molecule has 6 nitrogen and oxygen atoms in total. The highest BCUT2D eigenvalue weighted by molar-refractivity contribution is 5.81. The van der Waals surface area contributed by atoms with Gasteiger partial charge < -0.3 is 20.7 Å². The lowest BCUT2D eigenvalue weighted by atomic mass is 9.98. The van der Waals surface area contributed by atoms with Crippen molar-refractivity contribution in [2.45, 2.75) is 71.4 Å². The molecule has 1 aliphatic rings. The molecule has 156 valence electrons. The fraction of sp³-hybridized carbons (Fsp3) is 0.636. The summed E-state index contributed by atoms with van der Waals surface area (Å²) in [5, 5.41) is 2.90. The van der Waals surface area contributed by atoms with Crippen molar-refractivity contribution in [3.8, 4) is 5.75 Å². The Kier molecular flexibility index (Phi) is 8.30. The first-order valence-corrected chi connectivity index (χ1v) is 10.4. The lowest BCUT2D eigenvalue weighted by Crippen LogP contribution is -2.52. The summed E-state index contributed by atoms with van der Waals surface area (Å²) in [6, 6.07) is 6.02. The van der Waals surface area contributed by atoms with Gasteiger partial charge in [-0.05, 0) is 62.3 Å². The predicted molar refractivity (Wildman–Crippen MR) is 111 cm³/mol. The Labute approximate surface area is 168 Å². The molecule has 0 aromatic heterocycles. The number of benzene rings is 1. The highest BCUT2D eigenvalue weighted by Crippen LogP contribution is 2.25. The molecule has 1 aliphatic heterocycles. The molecule has 6 heteroatoms. The van der Waals surface area contributed by atoms with Crippen LogP contribution in [-0.4, -0.2) is 48.5 Å². The van der Waals surface area contributed by atoms with Crippen molar-refractivity contribution in [2.75, 3.05) is 19.6 Å². The quantitative estimate of drug-likeness (QED) is 0.716. The molecule has 2 atom stereocenters. The number of hydrogen-bond acceptors (Lipinski definition) is 4. The van der Waals surface area contributed by atoms with Gasteiger partial charge in [0.25, 0.3) is 5.91 Å². The Morgan fingerprint density at radius 1 is 1.29 bits per heavy atom. The average Bonchev–Trinajstić information content (AvgIpc) is 2.66. The van der Waals surface area contributed by atoms with Gasteiger partial charge in [-0.2, -0.15) is 0 Å². The van der Waals surface area contributed by atoms with E-state index in [1.807, 2.05) is 17.0 Å². The van der Waals surface area contributed by atoms with E-state index in [2.05, 4.69) is 32.2 Å². The van der Waals surface area contributed by atoms with Crippen molar-refractivity contribution in [1.82, 2.24) is 10.2 Å². The number of rotatable bonds is 8. The molecule has 3 N–H and O–H groups in total. The largest absolute Gasteiger partial charge is 0.481 e. The third kappa shape index (κ3) is 5.96. The molecule has 1 fully saturated rings. The minimum Gasteiger partial charge on any atom is -0.481 e. The number of piperidine rings is 1. The van der Waals surface area contributed by atoms with Gasteiger partial charge in [0, 0.05) is 32.1 Å². The number of nitrogens with zero attached hydrogens (tertiary/aromatic N) is 1. The van der Waals surface area contributed by atoms with Gasteiger partial charge in [-0.3, -0.25) is 9.59 Å². The summed E-state index contributed by atoms with van der Waals surface area (Å²) < 4.78 is 5.96. The minimum absolute atomic E-state index is 0.0130. The van der Waals surface area contributed by atoms with E-state index in [0.29, 0.717) is 37.7 Å². The number of likely N-dealkylation sites (tertiary alicyclic amines) is 1. The highest BCUT2D eigenvalue weighted by Gasteiger charge is 2.30. The fourth-order valence-corrected chi connectivity index (χ4v) is 3.81. The van der Waals surface area contributed by atoms with Crippen molar-refractivity contribution in [2.24, 2.45) is 5.73 Å². The normalized spacial score (nSPS) is 18.1. The van der Waals surface area contributed by atoms with E-state index >= 15 is 0 Å². The maximum absolute atomic E-state index is 13.0. The second kappa shape index (κ2) is 10.5. The monoisotopic (exact) mass is 389 g/mol.